The average Bonchev–Trinajstić information content (AvgIpc) is 2.69. The van der Waals surface area contributed by atoms with Crippen LogP contribution in [-0.4, -0.2) is 25.1 Å². The highest BCUT2D eigenvalue weighted by Crippen LogP contribution is 2.29. The Labute approximate surface area is 162 Å². The van der Waals surface area contributed by atoms with Gasteiger partial charge in [0.1, 0.15) is 17.2 Å². The number of methoxy groups -OCH3 is 2. The Morgan fingerprint density at radius 3 is 2.48 bits per heavy atom. The van der Waals surface area contributed by atoms with E-state index in [1.165, 1.54) is 7.11 Å². The topological polar surface area (TPSA) is 72.5 Å². The molecular weight excluding hydrogens is 366 g/mol. The van der Waals surface area contributed by atoms with Crippen molar-refractivity contribution in [3.05, 3.63) is 71.5 Å². The van der Waals surface area contributed by atoms with Crippen molar-refractivity contribution in [3.63, 3.8) is 0 Å². The van der Waals surface area contributed by atoms with Crippen molar-refractivity contribution in [1.29, 1.82) is 0 Å². The van der Waals surface area contributed by atoms with Gasteiger partial charge in [-0.1, -0.05) is 23.7 Å². The van der Waals surface area contributed by atoms with E-state index in [2.05, 4.69) is 15.6 Å². The lowest BCUT2D eigenvalue weighted by atomic mass is 10.2. The quantitative estimate of drug-likeness (QED) is 0.642. The summed E-state index contributed by atoms with van der Waals surface area (Å²) in [6.45, 7) is 0. The fourth-order valence-corrected chi connectivity index (χ4v) is 2.67. The molecule has 0 aliphatic carbocycles. The molecule has 3 rings (SSSR count). The number of nitrogens with one attached hydrogen (secondary N) is 2. The minimum absolute atomic E-state index is 0.247. The van der Waals surface area contributed by atoms with Crippen molar-refractivity contribution < 1.29 is 14.3 Å². The first-order valence-corrected chi connectivity index (χ1v) is 8.49. The molecule has 6 nitrogen and oxygen atoms in total. The van der Waals surface area contributed by atoms with E-state index in [-0.39, 0.29) is 11.6 Å². The van der Waals surface area contributed by atoms with Crippen LogP contribution in [0.15, 0.2) is 60.8 Å². The van der Waals surface area contributed by atoms with Gasteiger partial charge < -0.3 is 20.1 Å². The van der Waals surface area contributed by atoms with E-state index >= 15 is 0 Å². The first-order valence-electron chi connectivity index (χ1n) is 8.11. The van der Waals surface area contributed by atoms with E-state index in [0.29, 0.717) is 27.9 Å². The number of carbonyl (C=O) groups excluding carboxylic acids is 1. The molecule has 0 saturated heterocycles. The number of carbonyl (C=O) groups is 1. The summed E-state index contributed by atoms with van der Waals surface area (Å²) in [6.07, 6.45) is 1.56. The number of para-hydroxylation sites is 2. The Kier molecular flexibility index (Phi) is 5.78. The van der Waals surface area contributed by atoms with Gasteiger partial charge in [-0.15, -0.1) is 0 Å². The molecule has 0 aliphatic heterocycles. The van der Waals surface area contributed by atoms with Gasteiger partial charge in [0.2, 0.25) is 0 Å². The van der Waals surface area contributed by atoms with E-state index in [0.717, 1.165) is 5.69 Å². The highest BCUT2D eigenvalue weighted by molar-refractivity contribution is 6.31. The highest BCUT2D eigenvalue weighted by atomic mass is 35.5. The number of benzene rings is 2. The van der Waals surface area contributed by atoms with Crippen LogP contribution in [-0.2, 0) is 0 Å². The number of ether oxygens (including phenoxy) is 2. The zero-order valence-corrected chi connectivity index (χ0v) is 15.6. The third kappa shape index (κ3) is 4.48. The van der Waals surface area contributed by atoms with E-state index in [1.807, 2.05) is 24.3 Å². The fourth-order valence-electron chi connectivity index (χ4n) is 2.50. The Balaban J connectivity index is 1.81. The van der Waals surface area contributed by atoms with E-state index in [1.54, 1.807) is 43.6 Å². The monoisotopic (exact) mass is 383 g/mol. The predicted octanol–water partition coefficient (Wildman–Crippen LogP) is 4.75. The molecule has 1 aromatic heterocycles. The summed E-state index contributed by atoms with van der Waals surface area (Å²) in [5.41, 5.74) is 2.21. The molecule has 3 aromatic rings. The Morgan fingerprint density at radius 2 is 1.70 bits per heavy atom. The Bertz CT molecular complexity index is 963. The van der Waals surface area contributed by atoms with Crippen LogP contribution in [0, 0.1) is 0 Å². The number of rotatable bonds is 6. The van der Waals surface area contributed by atoms with Crippen molar-refractivity contribution in [2.75, 3.05) is 24.9 Å². The van der Waals surface area contributed by atoms with Crippen molar-refractivity contribution in [2.45, 2.75) is 0 Å². The second-order valence-electron chi connectivity index (χ2n) is 5.55. The van der Waals surface area contributed by atoms with Crippen LogP contribution in [0.3, 0.4) is 0 Å². The number of anilines is 3. The Morgan fingerprint density at radius 1 is 0.963 bits per heavy atom. The molecular formula is C20H18ClN3O3. The van der Waals surface area contributed by atoms with Crippen LogP contribution < -0.4 is 20.1 Å². The van der Waals surface area contributed by atoms with Gasteiger partial charge in [0.15, 0.2) is 0 Å². The van der Waals surface area contributed by atoms with Gasteiger partial charge in [-0.2, -0.15) is 0 Å². The summed E-state index contributed by atoms with van der Waals surface area (Å²) in [5, 5.41) is 6.48. The number of hydrogen-bond acceptors (Lipinski definition) is 5. The number of pyridine rings is 1. The third-order valence-corrected chi connectivity index (χ3v) is 4.02. The molecule has 0 bridgehead atoms. The SMILES string of the molecule is COc1ccc(Cl)cc1NC(=O)c1cc(Nc2ccccc2OC)ccn1. The summed E-state index contributed by atoms with van der Waals surface area (Å²) in [7, 11) is 3.12. The van der Waals surface area contributed by atoms with Gasteiger partial charge in [-0.25, -0.2) is 0 Å². The first-order chi connectivity index (χ1) is 13.1. The molecule has 27 heavy (non-hydrogen) atoms. The van der Waals surface area contributed by atoms with Crippen LogP contribution in [0.4, 0.5) is 17.1 Å². The number of amides is 1. The van der Waals surface area contributed by atoms with Gasteiger partial charge in [0.25, 0.3) is 5.91 Å². The first kappa shape index (κ1) is 18.5. The molecule has 2 aromatic carbocycles. The highest BCUT2D eigenvalue weighted by Gasteiger charge is 2.13. The van der Waals surface area contributed by atoms with Crippen molar-refractivity contribution in [2.24, 2.45) is 0 Å². The lowest BCUT2D eigenvalue weighted by Crippen LogP contribution is -2.14. The van der Waals surface area contributed by atoms with Gasteiger partial charge in [-0.05, 0) is 42.5 Å². The molecule has 0 saturated carbocycles. The maximum atomic E-state index is 12.6. The van der Waals surface area contributed by atoms with Crippen LogP contribution >= 0.6 is 11.6 Å². The minimum atomic E-state index is -0.376. The van der Waals surface area contributed by atoms with Gasteiger partial charge >= 0.3 is 0 Å². The lowest BCUT2D eigenvalue weighted by molar-refractivity contribution is 0.102. The molecule has 138 valence electrons. The lowest BCUT2D eigenvalue weighted by Gasteiger charge is -2.12. The third-order valence-electron chi connectivity index (χ3n) is 3.79. The summed E-state index contributed by atoms with van der Waals surface area (Å²) in [4.78, 5) is 16.7. The van der Waals surface area contributed by atoms with Crippen LogP contribution in [0.25, 0.3) is 0 Å². The molecule has 0 atom stereocenters. The molecule has 1 heterocycles. The molecule has 2 N–H and O–H groups in total. The zero-order valence-electron chi connectivity index (χ0n) is 14.8. The van der Waals surface area contributed by atoms with Crippen molar-refractivity contribution in [1.82, 2.24) is 4.98 Å². The molecule has 7 heteroatoms. The molecule has 0 fully saturated rings. The normalized spacial score (nSPS) is 10.2. The smallest absolute Gasteiger partial charge is 0.274 e. The molecule has 0 unspecified atom stereocenters. The van der Waals surface area contributed by atoms with E-state index in [9.17, 15) is 4.79 Å². The van der Waals surface area contributed by atoms with Crippen molar-refractivity contribution >= 4 is 34.6 Å². The van der Waals surface area contributed by atoms with Gasteiger partial charge in [0, 0.05) is 16.9 Å². The average molecular weight is 384 g/mol. The maximum absolute atomic E-state index is 12.6. The maximum Gasteiger partial charge on any atom is 0.274 e. The van der Waals surface area contributed by atoms with Gasteiger partial charge in [0.05, 0.1) is 25.6 Å². The largest absolute Gasteiger partial charge is 0.495 e. The number of aromatic nitrogens is 1. The van der Waals surface area contributed by atoms with Crippen LogP contribution in [0.2, 0.25) is 5.02 Å². The molecule has 0 spiro atoms. The summed E-state index contributed by atoms with van der Waals surface area (Å²) < 4.78 is 10.6. The molecule has 1 amide bonds. The summed E-state index contributed by atoms with van der Waals surface area (Å²) in [6, 6.07) is 15.9. The fraction of sp³-hybridized carbons (Fsp3) is 0.100. The number of nitrogens with zero attached hydrogens (tertiary/aromatic N) is 1. The zero-order chi connectivity index (χ0) is 19.2. The second kappa shape index (κ2) is 8.42. The molecule has 0 aliphatic rings. The molecule has 0 radical (unpaired) electrons. The van der Waals surface area contributed by atoms with Crippen LogP contribution in [0.5, 0.6) is 11.5 Å². The second-order valence-corrected chi connectivity index (χ2v) is 5.99. The van der Waals surface area contributed by atoms with Crippen LogP contribution in [0.1, 0.15) is 10.5 Å². The van der Waals surface area contributed by atoms with Gasteiger partial charge in [-0.3, -0.25) is 9.78 Å². The summed E-state index contributed by atoms with van der Waals surface area (Å²) >= 11 is 6.00. The van der Waals surface area contributed by atoms with E-state index < -0.39 is 0 Å². The standard InChI is InChI=1S/C20H18ClN3O3/c1-26-18-6-4-3-5-15(18)23-14-9-10-22-17(12-14)20(25)24-16-11-13(21)7-8-19(16)27-2/h3-12H,1-2H3,(H,22,23)(H,24,25). The number of hydrogen-bond donors (Lipinski definition) is 2. The minimum Gasteiger partial charge on any atom is -0.495 e. The van der Waals surface area contributed by atoms with Crippen molar-refractivity contribution in [3.8, 4) is 11.5 Å². The summed E-state index contributed by atoms with van der Waals surface area (Å²) in [5.74, 6) is 0.833. The Hall–Kier alpha value is -3.25. The predicted molar refractivity (Wildman–Crippen MR) is 106 cm³/mol. The van der Waals surface area contributed by atoms with E-state index in [4.69, 9.17) is 21.1 Å². The number of halogens is 1.